The number of aliphatic hydroxyl groups is 1. The van der Waals surface area contributed by atoms with E-state index in [1.807, 2.05) is 70.2 Å². The van der Waals surface area contributed by atoms with Crippen LogP contribution in [0.2, 0.25) is 0 Å². The van der Waals surface area contributed by atoms with Gasteiger partial charge in [0.05, 0.1) is 22.9 Å². The average Bonchev–Trinajstić information content (AvgIpc) is 2.70. The predicted octanol–water partition coefficient (Wildman–Crippen LogP) is 6.58. The number of benzene rings is 2. The number of hydrogen-bond acceptors (Lipinski definition) is 4. The summed E-state index contributed by atoms with van der Waals surface area (Å²) in [4.78, 5) is 14.6. The monoisotopic (exact) mass is 420 g/mol. The van der Waals surface area contributed by atoms with Crippen molar-refractivity contribution in [3.05, 3.63) is 64.7 Å². The molecular formula is C27H36N2O2. The number of rotatable bonds is 4. The normalized spacial score (nSPS) is 14.3. The molecule has 0 unspecified atom stereocenters. The van der Waals surface area contributed by atoms with Gasteiger partial charge in [0, 0.05) is 12.1 Å². The Morgan fingerprint density at radius 1 is 1.19 bits per heavy atom. The average molecular weight is 421 g/mol. The summed E-state index contributed by atoms with van der Waals surface area (Å²) in [7, 11) is 0. The third-order valence-electron chi connectivity index (χ3n) is 5.28. The van der Waals surface area contributed by atoms with Crippen LogP contribution in [0.5, 0.6) is 0 Å². The molecule has 1 N–H and O–H groups in total. The first kappa shape index (κ1) is 26.3. The molecule has 0 bridgehead atoms. The molecule has 1 atom stereocenters. The molecule has 0 saturated heterocycles. The summed E-state index contributed by atoms with van der Waals surface area (Å²) in [5.41, 5.74) is 4.50. The van der Waals surface area contributed by atoms with E-state index < -0.39 is 5.60 Å². The third-order valence-corrected chi connectivity index (χ3v) is 5.28. The van der Waals surface area contributed by atoms with Crippen molar-refractivity contribution in [1.29, 1.82) is 5.26 Å². The van der Waals surface area contributed by atoms with Crippen LogP contribution in [0.4, 0.5) is 5.69 Å². The highest BCUT2D eigenvalue weighted by Gasteiger charge is 2.21. The lowest BCUT2D eigenvalue weighted by Gasteiger charge is -2.20. The Labute approximate surface area is 187 Å². The van der Waals surface area contributed by atoms with Gasteiger partial charge in [0.15, 0.2) is 0 Å². The van der Waals surface area contributed by atoms with Crippen molar-refractivity contribution in [3.8, 4) is 6.07 Å². The summed E-state index contributed by atoms with van der Waals surface area (Å²) in [6.45, 7) is 11.8. The summed E-state index contributed by atoms with van der Waals surface area (Å²) in [6, 6.07) is 15.2. The van der Waals surface area contributed by atoms with Gasteiger partial charge in [-0.1, -0.05) is 56.5 Å². The fourth-order valence-corrected chi connectivity index (χ4v) is 2.97. The van der Waals surface area contributed by atoms with E-state index >= 15 is 0 Å². The molecule has 1 fully saturated rings. The summed E-state index contributed by atoms with van der Waals surface area (Å²) in [5, 5.41) is 18.6. The number of nitriles is 1. The Morgan fingerprint density at radius 2 is 1.77 bits per heavy atom. The molecule has 31 heavy (non-hydrogen) atoms. The number of aldehydes is 1. The maximum absolute atomic E-state index is 10.2. The van der Waals surface area contributed by atoms with Crippen molar-refractivity contribution in [1.82, 2.24) is 0 Å². The SMILES string of the molecule is CC(C)=Nc1cc(C)c(C#N)cc1C.CC1CCC1.C[C@](O)(CC=O)c1ccccc1. The van der Waals surface area contributed by atoms with Crippen LogP contribution < -0.4 is 0 Å². The Kier molecular flexibility index (Phi) is 10.9. The molecule has 3 rings (SSSR count). The van der Waals surface area contributed by atoms with Crippen LogP contribution in [0.25, 0.3) is 0 Å². The number of carbonyl (C=O) groups excluding carboxylic acids is 1. The molecule has 4 nitrogen and oxygen atoms in total. The van der Waals surface area contributed by atoms with Gasteiger partial charge in [-0.3, -0.25) is 4.99 Å². The fraction of sp³-hybridized carbons (Fsp3) is 0.444. The summed E-state index contributed by atoms with van der Waals surface area (Å²) < 4.78 is 0. The Hall–Kier alpha value is -2.77. The highest BCUT2D eigenvalue weighted by molar-refractivity contribution is 5.82. The number of nitrogens with zero attached hydrogens (tertiary/aromatic N) is 2. The molecule has 0 amide bonds. The van der Waals surface area contributed by atoms with Crippen molar-refractivity contribution in [3.63, 3.8) is 0 Å². The van der Waals surface area contributed by atoms with E-state index in [-0.39, 0.29) is 6.42 Å². The summed E-state index contributed by atoms with van der Waals surface area (Å²) >= 11 is 0. The Morgan fingerprint density at radius 3 is 2.19 bits per heavy atom. The molecule has 1 aliphatic rings. The third kappa shape index (κ3) is 9.27. The van der Waals surface area contributed by atoms with Crippen molar-refractivity contribution in [2.45, 2.75) is 72.8 Å². The Bertz CT molecular complexity index is 901. The summed E-state index contributed by atoms with van der Waals surface area (Å²) in [5.74, 6) is 1.06. The van der Waals surface area contributed by atoms with E-state index in [2.05, 4.69) is 18.0 Å². The zero-order valence-electron chi connectivity index (χ0n) is 19.8. The molecule has 166 valence electrons. The van der Waals surface area contributed by atoms with Crippen molar-refractivity contribution in [2.75, 3.05) is 0 Å². The highest BCUT2D eigenvalue weighted by atomic mass is 16.3. The molecular weight excluding hydrogens is 384 g/mol. The van der Waals surface area contributed by atoms with Gasteiger partial charge in [-0.25, -0.2) is 0 Å². The van der Waals surface area contributed by atoms with Gasteiger partial charge in [-0.2, -0.15) is 5.26 Å². The molecule has 0 aromatic heterocycles. The van der Waals surface area contributed by atoms with Gasteiger partial charge in [-0.15, -0.1) is 0 Å². The first-order valence-electron chi connectivity index (χ1n) is 10.9. The van der Waals surface area contributed by atoms with E-state index in [9.17, 15) is 9.90 Å². The van der Waals surface area contributed by atoms with Crippen LogP contribution in [0.15, 0.2) is 47.5 Å². The molecule has 2 aromatic rings. The maximum atomic E-state index is 10.2. The van der Waals surface area contributed by atoms with Crippen LogP contribution in [0, 0.1) is 31.1 Å². The van der Waals surface area contributed by atoms with E-state index in [1.165, 1.54) is 19.3 Å². The molecule has 0 aliphatic heterocycles. The number of carbonyl (C=O) groups is 1. The molecule has 0 spiro atoms. The van der Waals surface area contributed by atoms with E-state index in [4.69, 9.17) is 5.26 Å². The number of hydrogen-bond donors (Lipinski definition) is 1. The van der Waals surface area contributed by atoms with Crippen LogP contribution in [0.3, 0.4) is 0 Å². The highest BCUT2D eigenvalue weighted by Crippen LogP contribution is 2.25. The van der Waals surface area contributed by atoms with Gasteiger partial charge in [-0.05, 0) is 69.4 Å². The topological polar surface area (TPSA) is 73.4 Å². The summed E-state index contributed by atoms with van der Waals surface area (Å²) in [6.07, 6.45) is 5.32. The van der Waals surface area contributed by atoms with Crippen LogP contribution in [0.1, 0.15) is 75.6 Å². The van der Waals surface area contributed by atoms with Crippen molar-refractivity contribution >= 4 is 17.7 Å². The van der Waals surface area contributed by atoms with Crippen LogP contribution in [-0.4, -0.2) is 17.1 Å². The zero-order chi connectivity index (χ0) is 23.4. The molecule has 1 saturated carbocycles. The maximum Gasteiger partial charge on any atom is 0.123 e. The zero-order valence-corrected chi connectivity index (χ0v) is 19.8. The molecule has 0 radical (unpaired) electrons. The van der Waals surface area contributed by atoms with Crippen LogP contribution in [-0.2, 0) is 10.4 Å². The smallest absolute Gasteiger partial charge is 0.123 e. The minimum Gasteiger partial charge on any atom is -0.385 e. The number of aryl methyl sites for hydroxylation is 2. The molecule has 1 aliphatic carbocycles. The first-order chi connectivity index (χ1) is 14.6. The van der Waals surface area contributed by atoms with E-state index in [0.717, 1.165) is 45.9 Å². The molecule has 0 heterocycles. The lowest BCUT2D eigenvalue weighted by atomic mass is 9.88. The van der Waals surface area contributed by atoms with Gasteiger partial charge < -0.3 is 9.90 Å². The first-order valence-corrected chi connectivity index (χ1v) is 10.9. The van der Waals surface area contributed by atoms with Gasteiger partial charge in [0.25, 0.3) is 0 Å². The van der Waals surface area contributed by atoms with Gasteiger partial charge in [0.1, 0.15) is 6.29 Å². The van der Waals surface area contributed by atoms with Crippen molar-refractivity contribution < 1.29 is 9.90 Å². The molecule has 2 aromatic carbocycles. The van der Waals surface area contributed by atoms with Crippen molar-refractivity contribution in [2.24, 2.45) is 10.9 Å². The van der Waals surface area contributed by atoms with E-state index in [0.29, 0.717) is 0 Å². The fourth-order valence-electron chi connectivity index (χ4n) is 2.97. The minimum absolute atomic E-state index is 0.136. The standard InChI is InChI=1S/C12H14N2.C10H12O2.C5H10/c1-8(2)14-12-6-9(3)11(7-13)5-10(12)4;1-10(12,7-8-11)9-5-3-2-4-6-9;1-5-3-2-4-5/h5-6H,1-4H3;2-6,8,12H,7H2,1H3;5H,2-4H2,1H3/t;10-;/m.0./s1. The lowest BCUT2D eigenvalue weighted by molar-refractivity contribution is -0.112. The Balaban J connectivity index is 0.000000255. The second-order valence-corrected chi connectivity index (χ2v) is 8.67. The second-order valence-electron chi connectivity index (χ2n) is 8.67. The lowest BCUT2D eigenvalue weighted by Crippen LogP contribution is -2.21. The van der Waals surface area contributed by atoms with Crippen LogP contribution >= 0.6 is 0 Å². The molecule has 4 heteroatoms. The largest absolute Gasteiger partial charge is 0.385 e. The second kappa shape index (κ2) is 12.8. The quantitative estimate of drug-likeness (QED) is 0.448. The minimum atomic E-state index is -1.02. The van der Waals surface area contributed by atoms with Gasteiger partial charge in [0.2, 0.25) is 0 Å². The van der Waals surface area contributed by atoms with Gasteiger partial charge >= 0.3 is 0 Å². The predicted molar refractivity (Wildman–Crippen MR) is 129 cm³/mol. The van der Waals surface area contributed by atoms with E-state index in [1.54, 1.807) is 6.92 Å². The number of aliphatic imine (C=N–C) groups is 1.